The Balaban J connectivity index is 1.63. The minimum absolute atomic E-state index is 0.0261. The first-order valence-electron chi connectivity index (χ1n) is 12.9. The minimum atomic E-state index is -0.749. The van der Waals surface area contributed by atoms with E-state index in [4.69, 9.17) is 13.9 Å². The average molecular weight is 534 g/mol. The fraction of sp³-hybridized carbons (Fsp3) is 0.379. The number of methoxy groups -OCH3 is 1. The summed E-state index contributed by atoms with van der Waals surface area (Å²) in [4.78, 5) is 29.1. The molecule has 0 radical (unpaired) electrons. The molecule has 0 bridgehead atoms. The fourth-order valence-corrected chi connectivity index (χ4v) is 5.79. The Morgan fingerprint density at radius 3 is 2.66 bits per heavy atom. The summed E-state index contributed by atoms with van der Waals surface area (Å²) >= 11 is 1.35. The van der Waals surface area contributed by atoms with Crippen molar-refractivity contribution < 1.29 is 18.7 Å². The summed E-state index contributed by atoms with van der Waals surface area (Å²) in [5.74, 6) is 1.14. The molecule has 5 rings (SSSR count). The molecule has 198 valence electrons. The molecule has 0 fully saturated rings. The first-order chi connectivity index (χ1) is 18.4. The van der Waals surface area contributed by atoms with Gasteiger partial charge in [-0.25, -0.2) is 0 Å². The number of nitrogens with zero attached hydrogens (tertiary/aromatic N) is 3. The zero-order valence-electron chi connectivity index (χ0n) is 22.0. The lowest BCUT2D eigenvalue weighted by molar-refractivity contribution is 0.0970. The Morgan fingerprint density at radius 2 is 1.89 bits per heavy atom. The number of ether oxygens (including phenoxy) is 2. The van der Waals surface area contributed by atoms with Crippen LogP contribution in [0.5, 0.6) is 11.5 Å². The molecule has 1 unspecified atom stereocenters. The zero-order valence-corrected chi connectivity index (χ0v) is 22.8. The van der Waals surface area contributed by atoms with Crippen LogP contribution in [0.4, 0.5) is 5.13 Å². The number of anilines is 1. The number of carbonyl (C=O) groups excluding carboxylic acids is 1. The average Bonchev–Trinajstić information content (AvgIpc) is 3.48. The fourth-order valence-electron chi connectivity index (χ4n) is 4.71. The standard InChI is InChI=1S/C29H31N3O5S/c1-5-6-9-14-36-21-13-12-18(16-22(21)35-4)25-24-26(33)19-10-7-8-11-20(19)37-27(24)28(34)32(25)29-31-30-23(38-29)15-17(2)3/h7-8,10-13,16-17,25H,5-6,9,14-15H2,1-4H3. The van der Waals surface area contributed by atoms with Crippen LogP contribution in [-0.2, 0) is 6.42 Å². The van der Waals surface area contributed by atoms with E-state index in [1.165, 1.54) is 16.2 Å². The minimum Gasteiger partial charge on any atom is -0.493 e. The number of fused-ring (bicyclic) bond motifs is 2. The van der Waals surface area contributed by atoms with E-state index in [1.807, 2.05) is 18.2 Å². The van der Waals surface area contributed by atoms with Crippen LogP contribution in [0.15, 0.2) is 51.7 Å². The molecule has 1 aliphatic heterocycles. The maximum atomic E-state index is 13.8. The molecule has 0 saturated heterocycles. The summed E-state index contributed by atoms with van der Waals surface area (Å²) in [5.41, 5.74) is 1.11. The van der Waals surface area contributed by atoms with Crippen LogP contribution in [0.25, 0.3) is 11.0 Å². The second kappa shape index (κ2) is 10.9. The van der Waals surface area contributed by atoms with Crippen molar-refractivity contribution in [3.05, 3.63) is 74.6 Å². The summed E-state index contributed by atoms with van der Waals surface area (Å²) in [6, 6.07) is 11.7. The van der Waals surface area contributed by atoms with E-state index in [9.17, 15) is 9.59 Å². The lowest BCUT2D eigenvalue weighted by Crippen LogP contribution is -2.29. The number of hydrogen-bond acceptors (Lipinski definition) is 8. The van der Waals surface area contributed by atoms with Gasteiger partial charge in [0.25, 0.3) is 5.91 Å². The number of hydrogen-bond donors (Lipinski definition) is 0. The highest BCUT2D eigenvalue weighted by Gasteiger charge is 2.45. The SMILES string of the molecule is CCCCCOc1ccc(C2c3c(oc4ccccc4c3=O)C(=O)N2c2nnc(CC(C)C)s2)cc1OC. The Hall–Kier alpha value is -3.72. The van der Waals surface area contributed by atoms with Crippen LogP contribution in [0.1, 0.15) is 72.8 Å². The Bertz CT molecular complexity index is 1530. The van der Waals surface area contributed by atoms with E-state index < -0.39 is 11.9 Å². The molecule has 2 aromatic carbocycles. The highest BCUT2D eigenvalue weighted by Crippen LogP contribution is 2.44. The summed E-state index contributed by atoms with van der Waals surface area (Å²) < 4.78 is 17.7. The van der Waals surface area contributed by atoms with E-state index in [-0.39, 0.29) is 16.8 Å². The van der Waals surface area contributed by atoms with Gasteiger partial charge in [0.15, 0.2) is 16.9 Å². The molecule has 0 spiro atoms. The highest BCUT2D eigenvalue weighted by atomic mass is 32.1. The van der Waals surface area contributed by atoms with Gasteiger partial charge in [0.05, 0.1) is 30.7 Å². The topological polar surface area (TPSA) is 94.8 Å². The first kappa shape index (κ1) is 25.9. The number of carbonyl (C=O) groups is 1. The number of unbranched alkanes of at least 4 members (excludes halogenated alkanes) is 2. The predicted molar refractivity (Wildman–Crippen MR) is 148 cm³/mol. The van der Waals surface area contributed by atoms with Crippen LogP contribution >= 0.6 is 11.3 Å². The van der Waals surface area contributed by atoms with Gasteiger partial charge in [-0.1, -0.05) is 63.1 Å². The first-order valence-corrected chi connectivity index (χ1v) is 13.8. The number of para-hydroxylation sites is 1. The van der Waals surface area contributed by atoms with Crippen LogP contribution in [-0.4, -0.2) is 29.8 Å². The molecule has 0 saturated carbocycles. The molecule has 0 aliphatic carbocycles. The van der Waals surface area contributed by atoms with Crippen molar-refractivity contribution in [2.45, 2.75) is 52.5 Å². The molecule has 1 atom stereocenters. The van der Waals surface area contributed by atoms with E-state index >= 15 is 0 Å². The number of aromatic nitrogens is 2. The second-order valence-electron chi connectivity index (χ2n) is 9.79. The molecule has 1 aliphatic rings. The summed E-state index contributed by atoms with van der Waals surface area (Å²) in [7, 11) is 1.58. The summed E-state index contributed by atoms with van der Waals surface area (Å²) in [6.45, 7) is 6.94. The number of benzene rings is 2. The second-order valence-corrected chi connectivity index (χ2v) is 10.8. The quantitative estimate of drug-likeness (QED) is 0.225. The lowest BCUT2D eigenvalue weighted by Gasteiger charge is -2.23. The molecular formula is C29H31N3O5S. The zero-order chi connectivity index (χ0) is 26.8. The van der Waals surface area contributed by atoms with Gasteiger partial charge in [0.1, 0.15) is 10.6 Å². The Morgan fingerprint density at radius 1 is 1.08 bits per heavy atom. The van der Waals surface area contributed by atoms with E-state index in [0.29, 0.717) is 45.7 Å². The molecule has 0 N–H and O–H groups in total. The monoisotopic (exact) mass is 533 g/mol. The molecular weight excluding hydrogens is 502 g/mol. The molecule has 38 heavy (non-hydrogen) atoms. The van der Waals surface area contributed by atoms with Crippen LogP contribution in [0.2, 0.25) is 0 Å². The van der Waals surface area contributed by atoms with Crippen molar-refractivity contribution in [1.29, 1.82) is 0 Å². The molecule has 9 heteroatoms. The van der Waals surface area contributed by atoms with Gasteiger partial charge >= 0.3 is 0 Å². The van der Waals surface area contributed by atoms with Gasteiger partial charge in [-0.2, -0.15) is 0 Å². The van der Waals surface area contributed by atoms with E-state index in [0.717, 1.165) is 30.7 Å². The summed E-state index contributed by atoms with van der Waals surface area (Å²) in [5, 5.41) is 10.3. The number of rotatable bonds is 10. The molecule has 2 aromatic heterocycles. The molecule has 8 nitrogen and oxygen atoms in total. The third kappa shape index (κ3) is 4.78. The molecule has 1 amide bonds. The van der Waals surface area contributed by atoms with Crippen molar-refractivity contribution >= 4 is 33.3 Å². The van der Waals surface area contributed by atoms with E-state index in [1.54, 1.807) is 31.4 Å². The van der Waals surface area contributed by atoms with Crippen molar-refractivity contribution in [2.24, 2.45) is 5.92 Å². The van der Waals surface area contributed by atoms with Gasteiger partial charge in [-0.05, 0) is 42.2 Å². The molecule has 4 aromatic rings. The van der Waals surface area contributed by atoms with Crippen molar-refractivity contribution in [2.75, 3.05) is 18.6 Å². The smallest absolute Gasteiger partial charge is 0.297 e. The largest absolute Gasteiger partial charge is 0.493 e. The Labute approximate surface area is 225 Å². The third-order valence-electron chi connectivity index (χ3n) is 6.53. The van der Waals surface area contributed by atoms with Gasteiger partial charge in [-0.15, -0.1) is 10.2 Å². The maximum absolute atomic E-state index is 13.8. The Kier molecular flexibility index (Phi) is 7.46. The predicted octanol–water partition coefficient (Wildman–Crippen LogP) is 6.17. The number of amides is 1. The van der Waals surface area contributed by atoms with Crippen molar-refractivity contribution in [1.82, 2.24) is 10.2 Å². The van der Waals surface area contributed by atoms with Crippen LogP contribution in [0, 0.1) is 5.92 Å². The van der Waals surface area contributed by atoms with E-state index in [2.05, 4.69) is 31.0 Å². The lowest BCUT2D eigenvalue weighted by atomic mass is 9.98. The van der Waals surface area contributed by atoms with Crippen molar-refractivity contribution in [3.8, 4) is 11.5 Å². The van der Waals surface area contributed by atoms with Gasteiger partial charge in [0.2, 0.25) is 10.9 Å². The highest BCUT2D eigenvalue weighted by molar-refractivity contribution is 7.15. The van der Waals surface area contributed by atoms with Gasteiger partial charge < -0.3 is 13.9 Å². The normalized spacial score (nSPS) is 14.9. The third-order valence-corrected chi connectivity index (χ3v) is 7.48. The van der Waals surface area contributed by atoms with Crippen LogP contribution in [0.3, 0.4) is 0 Å². The molecule has 3 heterocycles. The van der Waals surface area contributed by atoms with Crippen LogP contribution < -0.4 is 19.8 Å². The van der Waals surface area contributed by atoms with Gasteiger partial charge in [-0.3, -0.25) is 14.5 Å². The van der Waals surface area contributed by atoms with Gasteiger partial charge in [0, 0.05) is 6.42 Å². The maximum Gasteiger partial charge on any atom is 0.297 e. The summed E-state index contributed by atoms with van der Waals surface area (Å²) in [6.07, 6.45) is 3.88. The van der Waals surface area contributed by atoms with Crippen molar-refractivity contribution in [3.63, 3.8) is 0 Å².